The predicted octanol–water partition coefficient (Wildman–Crippen LogP) is 1.46. The molecule has 122 valence electrons. The van der Waals surface area contributed by atoms with Gasteiger partial charge in [0.05, 0.1) is 18.8 Å². The van der Waals surface area contributed by atoms with E-state index in [1.165, 1.54) is 13.2 Å². The van der Waals surface area contributed by atoms with Crippen molar-refractivity contribution in [2.75, 3.05) is 7.11 Å². The third-order valence-electron chi connectivity index (χ3n) is 4.92. The molecule has 1 fully saturated rings. The van der Waals surface area contributed by atoms with E-state index in [1.54, 1.807) is 0 Å². The average Bonchev–Trinajstić information content (AvgIpc) is 3.05. The van der Waals surface area contributed by atoms with E-state index in [-0.39, 0.29) is 17.5 Å². The van der Waals surface area contributed by atoms with Crippen molar-refractivity contribution in [2.24, 2.45) is 0 Å². The Morgan fingerprint density at radius 1 is 1.38 bits per heavy atom. The molecule has 4 rings (SSSR count). The Kier molecular flexibility index (Phi) is 3.23. The number of methoxy groups -OCH3 is 1. The standard InChI is InChI=1S/C18H16N2O4/c1-23-17-15-13(7-11(9-19)20-17)24-16-12(8-14(21)18(15,16)22)10-5-3-2-4-6-10/h2-7,12,14,16,21-22H,8H2,1H3. The Balaban J connectivity index is 1.86. The van der Waals surface area contributed by atoms with Gasteiger partial charge in [-0.1, -0.05) is 30.3 Å². The van der Waals surface area contributed by atoms with Crippen LogP contribution in [0.5, 0.6) is 11.6 Å². The zero-order chi connectivity index (χ0) is 16.9. The minimum absolute atomic E-state index is 0.113. The lowest BCUT2D eigenvalue weighted by Gasteiger charge is -2.27. The van der Waals surface area contributed by atoms with Crippen LogP contribution in [0.1, 0.15) is 29.2 Å². The number of hydrogen-bond acceptors (Lipinski definition) is 6. The van der Waals surface area contributed by atoms with E-state index in [4.69, 9.17) is 14.7 Å². The second kappa shape index (κ2) is 5.20. The minimum atomic E-state index is -1.61. The van der Waals surface area contributed by atoms with Crippen molar-refractivity contribution in [3.8, 4) is 17.7 Å². The first-order valence-electron chi connectivity index (χ1n) is 7.71. The maximum absolute atomic E-state index is 11.3. The summed E-state index contributed by atoms with van der Waals surface area (Å²) in [7, 11) is 1.41. The largest absolute Gasteiger partial charge is 0.486 e. The predicted molar refractivity (Wildman–Crippen MR) is 83.6 cm³/mol. The van der Waals surface area contributed by atoms with Crippen LogP contribution in [0.25, 0.3) is 0 Å². The molecular formula is C18H16N2O4. The van der Waals surface area contributed by atoms with Crippen molar-refractivity contribution >= 4 is 0 Å². The minimum Gasteiger partial charge on any atom is -0.486 e. The molecule has 1 aliphatic heterocycles. The number of benzene rings is 1. The molecule has 24 heavy (non-hydrogen) atoms. The van der Waals surface area contributed by atoms with Gasteiger partial charge in [0.1, 0.15) is 23.6 Å². The molecule has 6 nitrogen and oxygen atoms in total. The molecule has 2 N–H and O–H groups in total. The van der Waals surface area contributed by atoms with Crippen LogP contribution in [-0.4, -0.2) is 34.5 Å². The van der Waals surface area contributed by atoms with E-state index in [0.29, 0.717) is 17.7 Å². The molecule has 1 saturated carbocycles. The van der Waals surface area contributed by atoms with Gasteiger partial charge in [-0.3, -0.25) is 0 Å². The third-order valence-corrected chi connectivity index (χ3v) is 4.92. The quantitative estimate of drug-likeness (QED) is 0.868. The molecule has 0 spiro atoms. The number of rotatable bonds is 2. The highest BCUT2D eigenvalue weighted by Crippen LogP contribution is 2.57. The van der Waals surface area contributed by atoms with Crippen molar-refractivity contribution in [3.05, 3.63) is 53.2 Å². The summed E-state index contributed by atoms with van der Waals surface area (Å²) in [5.74, 6) is 0.279. The van der Waals surface area contributed by atoms with Crippen LogP contribution in [0.4, 0.5) is 0 Å². The number of pyridine rings is 1. The number of aromatic nitrogens is 1. The van der Waals surface area contributed by atoms with Gasteiger partial charge in [0.15, 0.2) is 5.60 Å². The van der Waals surface area contributed by atoms with Gasteiger partial charge >= 0.3 is 0 Å². The summed E-state index contributed by atoms with van der Waals surface area (Å²) in [6.07, 6.45) is -1.31. The van der Waals surface area contributed by atoms with Crippen molar-refractivity contribution in [2.45, 2.75) is 30.1 Å². The summed E-state index contributed by atoms with van der Waals surface area (Å²) in [5, 5.41) is 31.0. The number of hydrogen-bond donors (Lipinski definition) is 2. The molecule has 2 heterocycles. The molecule has 2 aromatic rings. The number of aliphatic hydroxyl groups excluding tert-OH is 1. The van der Waals surface area contributed by atoms with E-state index in [0.717, 1.165) is 5.56 Å². The Bertz CT molecular complexity index is 833. The van der Waals surface area contributed by atoms with E-state index in [2.05, 4.69) is 4.98 Å². The maximum Gasteiger partial charge on any atom is 0.224 e. The van der Waals surface area contributed by atoms with Crippen LogP contribution in [-0.2, 0) is 5.60 Å². The number of nitrogens with zero attached hydrogens (tertiary/aromatic N) is 2. The Morgan fingerprint density at radius 2 is 2.12 bits per heavy atom. The fourth-order valence-electron chi connectivity index (χ4n) is 3.83. The molecule has 2 aliphatic rings. The van der Waals surface area contributed by atoms with Crippen LogP contribution in [0.15, 0.2) is 36.4 Å². The first-order valence-corrected chi connectivity index (χ1v) is 7.71. The van der Waals surface area contributed by atoms with Crippen LogP contribution in [0.2, 0.25) is 0 Å². The van der Waals surface area contributed by atoms with Crippen molar-refractivity contribution in [3.63, 3.8) is 0 Å². The zero-order valence-corrected chi connectivity index (χ0v) is 13.0. The van der Waals surface area contributed by atoms with Gasteiger partial charge in [0.25, 0.3) is 0 Å². The van der Waals surface area contributed by atoms with Gasteiger partial charge < -0.3 is 19.7 Å². The van der Waals surface area contributed by atoms with Gasteiger partial charge in [0, 0.05) is 12.0 Å². The summed E-state index contributed by atoms with van der Waals surface area (Å²) in [4.78, 5) is 4.08. The molecule has 1 aliphatic carbocycles. The smallest absolute Gasteiger partial charge is 0.224 e. The fraction of sp³-hybridized carbons (Fsp3) is 0.333. The second-order valence-corrected chi connectivity index (χ2v) is 6.13. The highest BCUT2D eigenvalue weighted by molar-refractivity contribution is 5.54. The molecule has 4 unspecified atom stereocenters. The van der Waals surface area contributed by atoms with E-state index in [1.807, 2.05) is 36.4 Å². The lowest BCUT2D eigenvalue weighted by Crippen LogP contribution is -2.42. The van der Waals surface area contributed by atoms with Crippen LogP contribution < -0.4 is 9.47 Å². The lowest BCUT2D eigenvalue weighted by molar-refractivity contribution is -0.0921. The van der Waals surface area contributed by atoms with E-state index in [9.17, 15) is 10.2 Å². The SMILES string of the molecule is COc1nc(C#N)cc2c1C1(O)C(O)CC(c3ccccc3)C1O2. The number of nitriles is 1. The summed E-state index contributed by atoms with van der Waals surface area (Å²) >= 11 is 0. The Labute approximate surface area is 138 Å². The van der Waals surface area contributed by atoms with Gasteiger partial charge in [-0.25, -0.2) is 4.98 Å². The monoisotopic (exact) mass is 324 g/mol. The first-order chi connectivity index (χ1) is 11.6. The molecule has 1 aromatic carbocycles. The van der Waals surface area contributed by atoms with E-state index >= 15 is 0 Å². The summed E-state index contributed by atoms with van der Waals surface area (Å²) in [5.41, 5.74) is -0.167. The molecule has 6 heteroatoms. The molecule has 4 atom stereocenters. The Hall–Kier alpha value is -2.62. The topological polar surface area (TPSA) is 95.6 Å². The molecule has 0 amide bonds. The van der Waals surface area contributed by atoms with Crippen molar-refractivity contribution in [1.82, 2.24) is 4.98 Å². The van der Waals surface area contributed by atoms with Gasteiger partial charge in [0.2, 0.25) is 5.88 Å². The maximum atomic E-state index is 11.3. The molecule has 0 saturated heterocycles. The summed E-state index contributed by atoms with van der Waals surface area (Å²) in [6.45, 7) is 0. The van der Waals surface area contributed by atoms with Crippen molar-refractivity contribution in [1.29, 1.82) is 5.26 Å². The molecule has 0 bridgehead atoms. The average molecular weight is 324 g/mol. The highest BCUT2D eigenvalue weighted by atomic mass is 16.5. The summed E-state index contributed by atoms with van der Waals surface area (Å²) in [6, 6.07) is 13.1. The van der Waals surface area contributed by atoms with E-state index < -0.39 is 17.8 Å². The number of fused-ring (bicyclic) bond motifs is 3. The normalized spacial score (nSPS) is 30.2. The van der Waals surface area contributed by atoms with Gasteiger partial charge in [-0.05, 0) is 12.0 Å². The lowest BCUT2D eigenvalue weighted by atomic mass is 9.88. The van der Waals surface area contributed by atoms with Crippen LogP contribution >= 0.6 is 0 Å². The van der Waals surface area contributed by atoms with Crippen LogP contribution in [0, 0.1) is 11.3 Å². The number of ether oxygens (including phenoxy) is 2. The summed E-state index contributed by atoms with van der Waals surface area (Å²) < 4.78 is 11.2. The first kappa shape index (κ1) is 14.9. The Morgan fingerprint density at radius 3 is 2.79 bits per heavy atom. The third kappa shape index (κ3) is 1.86. The zero-order valence-electron chi connectivity index (χ0n) is 13.0. The molecular weight excluding hydrogens is 308 g/mol. The van der Waals surface area contributed by atoms with Gasteiger partial charge in [-0.2, -0.15) is 5.26 Å². The number of aliphatic hydroxyl groups is 2. The van der Waals surface area contributed by atoms with Crippen LogP contribution in [0.3, 0.4) is 0 Å². The van der Waals surface area contributed by atoms with Crippen molar-refractivity contribution < 1.29 is 19.7 Å². The molecule has 0 radical (unpaired) electrons. The molecule has 1 aromatic heterocycles. The van der Waals surface area contributed by atoms with Gasteiger partial charge in [-0.15, -0.1) is 0 Å². The highest BCUT2D eigenvalue weighted by Gasteiger charge is 2.63. The fourth-order valence-corrected chi connectivity index (χ4v) is 3.83. The second-order valence-electron chi connectivity index (χ2n) is 6.13.